The third kappa shape index (κ3) is 4.49. The van der Waals surface area contributed by atoms with E-state index in [1.807, 2.05) is 0 Å². The van der Waals surface area contributed by atoms with Crippen LogP contribution in [0.15, 0.2) is 36.7 Å². The van der Waals surface area contributed by atoms with Gasteiger partial charge in [-0.25, -0.2) is 19.3 Å². The standard InChI is InChI=1S/C18H17ClN6O4/c1-10(12-5-4-8-20-15(12)19)29-18(27)22-16-14(23-24-25(16)2)13-7-6-11(9-21-13)17(26)28-3/h4-10H,1-3H3,(H,22,27)/t10-/m1/s1. The minimum Gasteiger partial charge on any atom is -0.465 e. The van der Waals surface area contributed by atoms with Gasteiger partial charge in [-0.2, -0.15) is 0 Å². The number of hydrogen-bond donors (Lipinski definition) is 1. The van der Waals surface area contributed by atoms with Gasteiger partial charge in [-0.1, -0.05) is 22.9 Å². The number of rotatable bonds is 5. The van der Waals surface area contributed by atoms with E-state index in [4.69, 9.17) is 16.3 Å². The van der Waals surface area contributed by atoms with Crippen LogP contribution in [0.4, 0.5) is 10.6 Å². The Balaban J connectivity index is 1.77. The number of hydrogen-bond acceptors (Lipinski definition) is 8. The molecule has 1 amide bonds. The molecule has 3 rings (SSSR count). The maximum Gasteiger partial charge on any atom is 0.413 e. The van der Waals surface area contributed by atoms with E-state index in [0.717, 1.165) is 0 Å². The summed E-state index contributed by atoms with van der Waals surface area (Å²) >= 11 is 6.03. The molecule has 0 saturated heterocycles. The largest absolute Gasteiger partial charge is 0.465 e. The number of aromatic nitrogens is 5. The summed E-state index contributed by atoms with van der Waals surface area (Å²) in [6.45, 7) is 1.68. The molecule has 0 fully saturated rings. The number of halogens is 1. The molecule has 3 aromatic heterocycles. The van der Waals surface area contributed by atoms with E-state index in [1.165, 1.54) is 24.1 Å². The van der Waals surface area contributed by atoms with E-state index < -0.39 is 18.2 Å². The second kappa shape index (κ2) is 8.65. The monoisotopic (exact) mass is 416 g/mol. The fraction of sp³-hybridized carbons (Fsp3) is 0.222. The summed E-state index contributed by atoms with van der Waals surface area (Å²) in [4.78, 5) is 32.1. The second-order valence-electron chi connectivity index (χ2n) is 5.89. The molecule has 150 valence electrons. The topological polar surface area (TPSA) is 121 Å². The SMILES string of the molecule is COC(=O)c1ccc(-c2nnn(C)c2NC(=O)O[C@H](C)c2cccnc2Cl)nc1. The number of ether oxygens (including phenoxy) is 2. The van der Waals surface area contributed by atoms with Crippen LogP contribution >= 0.6 is 11.6 Å². The smallest absolute Gasteiger partial charge is 0.413 e. The van der Waals surface area contributed by atoms with Gasteiger partial charge in [0, 0.05) is 25.0 Å². The molecule has 0 aromatic carbocycles. The van der Waals surface area contributed by atoms with Crippen molar-refractivity contribution < 1.29 is 19.1 Å². The Hall–Kier alpha value is -3.53. The lowest BCUT2D eigenvalue weighted by molar-refractivity contribution is 0.0600. The Labute approximate surface area is 170 Å². The molecule has 1 N–H and O–H groups in total. The molecule has 3 aromatic rings. The van der Waals surface area contributed by atoms with Crippen LogP contribution in [0.2, 0.25) is 5.15 Å². The molecule has 0 unspecified atom stereocenters. The average molecular weight is 417 g/mol. The number of esters is 1. The molecule has 0 radical (unpaired) electrons. The summed E-state index contributed by atoms with van der Waals surface area (Å²) in [7, 11) is 2.89. The minimum atomic E-state index is -0.727. The van der Waals surface area contributed by atoms with Crippen LogP contribution in [0, 0.1) is 0 Å². The Morgan fingerprint density at radius 1 is 1.24 bits per heavy atom. The van der Waals surface area contributed by atoms with Crippen molar-refractivity contribution in [2.24, 2.45) is 7.05 Å². The van der Waals surface area contributed by atoms with Crippen LogP contribution in [0.1, 0.15) is 28.9 Å². The summed E-state index contributed by atoms with van der Waals surface area (Å²) in [6, 6.07) is 6.53. The van der Waals surface area contributed by atoms with Crippen molar-refractivity contribution in [2.75, 3.05) is 12.4 Å². The predicted octanol–water partition coefficient (Wildman–Crippen LogP) is 3.02. The van der Waals surface area contributed by atoms with Crippen molar-refractivity contribution in [3.63, 3.8) is 0 Å². The molecule has 1 atom stereocenters. The third-order valence-corrected chi connectivity index (χ3v) is 4.30. The zero-order valence-corrected chi connectivity index (χ0v) is 16.5. The lowest BCUT2D eigenvalue weighted by Crippen LogP contribution is -2.18. The molecule has 11 heteroatoms. The van der Waals surface area contributed by atoms with Gasteiger partial charge in [0.15, 0.2) is 11.5 Å². The van der Waals surface area contributed by atoms with Gasteiger partial charge in [0.05, 0.1) is 18.4 Å². The highest BCUT2D eigenvalue weighted by Crippen LogP contribution is 2.26. The third-order valence-electron chi connectivity index (χ3n) is 3.98. The first-order chi connectivity index (χ1) is 13.9. The summed E-state index contributed by atoms with van der Waals surface area (Å²) in [5, 5.41) is 10.8. The minimum absolute atomic E-state index is 0.255. The molecule has 0 bridgehead atoms. The first-order valence-electron chi connectivity index (χ1n) is 8.43. The van der Waals surface area contributed by atoms with E-state index >= 15 is 0 Å². The quantitative estimate of drug-likeness (QED) is 0.497. The first kappa shape index (κ1) is 20.2. The predicted molar refractivity (Wildman–Crippen MR) is 103 cm³/mol. The molecule has 0 aliphatic carbocycles. The molecule has 29 heavy (non-hydrogen) atoms. The van der Waals surface area contributed by atoms with E-state index in [-0.39, 0.29) is 16.5 Å². The van der Waals surface area contributed by atoms with Crippen molar-refractivity contribution in [3.05, 3.63) is 52.9 Å². The van der Waals surface area contributed by atoms with Gasteiger partial charge in [-0.3, -0.25) is 10.3 Å². The van der Waals surface area contributed by atoms with Crippen LogP contribution in [0.25, 0.3) is 11.4 Å². The Kier molecular flexibility index (Phi) is 6.03. The maximum atomic E-state index is 12.4. The van der Waals surface area contributed by atoms with Crippen molar-refractivity contribution in [1.82, 2.24) is 25.0 Å². The van der Waals surface area contributed by atoms with Crippen LogP contribution in [0.5, 0.6) is 0 Å². The molecule has 3 heterocycles. The number of amides is 1. The lowest BCUT2D eigenvalue weighted by atomic mass is 10.2. The highest BCUT2D eigenvalue weighted by Gasteiger charge is 2.20. The Bertz CT molecular complexity index is 1040. The first-order valence-corrected chi connectivity index (χ1v) is 8.81. The number of aryl methyl sites for hydroxylation is 1. The van der Waals surface area contributed by atoms with E-state index in [2.05, 4.69) is 30.3 Å². The van der Waals surface area contributed by atoms with Crippen LogP contribution in [-0.2, 0) is 16.5 Å². The molecule has 0 aliphatic rings. The van der Waals surface area contributed by atoms with Gasteiger partial charge in [-0.15, -0.1) is 5.10 Å². The fourth-order valence-electron chi connectivity index (χ4n) is 2.49. The van der Waals surface area contributed by atoms with Gasteiger partial charge >= 0.3 is 12.1 Å². The van der Waals surface area contributed by atoms with Crippen molar-refractivity contribution in [1.29, 1.82) is 0 Å². The molecule has 0 spiro atoms. The summed E-state index contributed by atoms with van der Waals surface area (Å²) in [5.41, 5.74) is 1.58. The summed E-state index contributed by atoms with van der Waals surface area (Å²) in [5.74, 6) is -0.231. The number of carbonyl (C=O) groups excluding carboxylic acids is 2. The summed E-state index contributed by atoms with van der Waals surface area (Å²) < 4.78 is 11.4. The van der Waals surface area contributed by atoms with Gasteiger partial charge < -0.3 is 9.47 Å². The second-order valence-corrected chi connectivity index (χ2v) is 6.25. The fourth-order valence-corrected chi connectivity index (χ4v) is 2.77. The van der Waals surface area contributed by atoms with E-state index in [1.54, 1.807) is 38.4 Å². The normalized spacial score (nSPS) is 11.6. The van der Waals surface area contributed by atoms with Crippen LogP contribution < -0.4 is 5.32 Å². The van der Waals surface area contributed by atoms with Gasteiger partial charge in [0.2, 0.25) is 0 Å². The molecule has 10 nitrogen and oxygen atoms in total. The van der Waals surface area contributed by atoms with Gasteiger partial charge in [0.25, 0.3) is 0 Å². The van der Waals surface area contributed by atoms with Crippen molar-refractivity contribution >= 4 is 29.5 Å². The average Bonchev–Trinajstić information content (AvgIpc) is 3.07. The van der Waals surface area contributed by atoms with Gasteiger partial charge in [-0.05, 0) is 25.1 Å². The van der Waals surface area contributed by atoms with Crippen molar-refractivity contribution in [2.45, 2.75) is 13.0 Å². The highest BCUT2D eigenvalue weighted by atomic mass is 35.5. The number of pyridine rings is 2. The molecular formula is C18H17ClN6O4. The summed E-state index contributed by atoms with van der Waals surface area (Å²) in [6.07, 6.45) is 1.54. The Morgan fingerprint density at radius 3 is 2.69 bits per heavy atom. The maximum absolute atomic E-state index is 12.4. The van der Waals surface area contributed by atoms with E-state index in [0.29, 0.717) is 17.0 Å². The number of anilines is 1. The van der Waals surface area contributed by atoms with Gasteiger partial charge in [0.1, 0.15) is 11.3 Å². The molecular weight excluding hydrogens is 400 g/mol. The van der Waals surface area contributed by atoms with Crippen molar-refractivity contribution in [3.8, 4) is 11.4 Å². The lowest BCUT2D eigenvalue weighted by Gasteiger charge is -2.15. The highest BCUT2D eigenvalue weighted by molar-refractivity contribution is 6.30. The Morgan fingerprint density at radius 2 is 2.03 bits per heavy atom. The number of nitrogens with zero attached hydrogens (tertiary/aromatic N) is 5. The molecule has 0 aliphatic heterocycles. The van der Waals surface area contributed by atoms with Crippen LogP contribution in [0.3, 0.4) is 0 Å². The van der Waals surface area contributed by atoms with Crippen LogP contribution in [-0.4, -0.2) is 44.1 Å². The zero-order chi connectivity index (χ0) is 21.0. The zero-order valence-electron chi connectivity index (χ0n) is 15.8. The molecule has 0 saturated carbocycles. The number of nitrogens with one attached hydrogen (secondary N) is 1. The number of carbonyl (C=O) groups is 2. The van der Waals surface area contributed by atoms with E-state index in [9.17, 15) is 9.59 Å². The number of methoxy groups -OCH3 is 1.